The quantitative estimate of drug-likeness (QED) is 0.867. The Morgan fingerprint density at radius 3 is 2.62 bits per heavy atom. The van der Waals surface area contributed by atoms with Gasteiger partial charge >= 0.3 is 0 Å². The molecule has 1 aliphatic carbocycles. The summed E-state index contributed by atoms with van der Waals surface area (Å²) in [6.07, 6.45) is 3.36. The molecular formula is C12H15Cl2NO. The summed E-state index contributed by atoms with van der Waals surface area (Å²) in [5.41, 5.74) is 0.889. The van der Waals surface area contributed by atoms with Crippen LogP contribution >= 0.6 is 23.2 Å². The van der Waals surface area contributed by atoms with Gasteiger partial charge in [0.1, 0.15) is 0 Å². The maximum absolute atomic E-state index is 9.34. The first-order valence-electron chi connectivity index (χ1n) is 5.45. The lowest BCUT2D eigenvalue weighted by molar-refractivity contribution is 0.0576. The van der Waals surface area contributed by atoms with Gasteiger partial charge in [-0.05, 0) is 31.0 Å². The predicted octanol–water partition coefficient (Wildman–Crippen LogP) is 3.57. The van der Waals surface area contributed by atoms with Gasteiger partial charge in [0, 0.05) is 17.0 Å². The summed E-state index contributed by atoms with van der Waals surface area (Å²) < 4.78 is 0. The van der Waals surface area contributed by atoms with Crippen molar-refractivity contribution in [3.63, 3.8) is 0 Å². The number of aliphatic hydroxyl groups excluding tert-OH is 1. The Hall–Kier alpha value is -0.440. The second kappa shape index (κ2) is 4.82. The average Bonchev–Trinajstić information content (AvgIpc) is 2.22. The Balaban J connectivity index is 2.01. The van der Waals surface area contributed by atoms with Crippen LogP contribution in [0.2, 0.25) is 10.0 Å². The van der Waals surface area contributed by atoms with E-state index in [-0.39, 0.29) is 12.0 Å². The molecule has 0 spiro atoms. The van der Waals surface area contributed by atoms with Gasteiger partial charge in [0.2, 0.25) is 0 Å². The standard InChI is InChI=1S/C12H15Cl2NO/c13-9-2-3-10(14)11(6-9)15-7-12(8-16)4-1-5-12/h2-3,6,15-16H,1,4-5,7-8H2. The summed E-state index contributed by atoms with van der Waals surface area (Å²) in [4.78, 5) is 0. The first kappa shape index (κ1) is 12.0. The van der Waals surface area contributed by atoms with Crippen molar-refractivity contribution in [3.05, 3.63) is 28.2 Å². The minimum atomic E-state index is 0.0473. The molecule has 1 aromatic carbocycles. The minimum absolute atomic E-state index is 0.0473. The lowest BCUT2D eigenvalue weighted by atomic mass is 9.69. The van der Waals surface area contributed by atoms with Gasteiger partial charge in [-0.25, -0.2) is 0 Å². The van der Waals surface area contributed by atoms with Gasteiger partial charge in [0.25, 0.3) is 0 Å². The topological polar surface area (TPSA) is 32.3 Å². The maximum atomic E-state index is 9.34. The number of rotatable bonds is 4. The van der Waals surface area contributed by atoms with E-state index in [4.69, 9.17) is 23.2 Å². The van der Waals surface area contributed by atoms with Gasteiger partial charge in [-0.3, -0.25) is 0 Å². The van der Waals surface area contributed by atoms with Crippen molar-refractivity contribution < 1.29 is 5.11 Å². The van der Waals surface area contributed by atoms with E-state index in [1.165, 1.54) is 6.42 Å². The van der Waals surface area contributed by atoms with E-state index < -0.39 is 0 Å². The highest BCUT2D eigenvalue weighted by molar-refractivity contribution is 6.35. The van der Waals surface area contributed by atoms with Gasteiger partial charge in [-0.1, -0.05) is 29.6 Å². The number of aliphatic hydroxyl groups is 1. The Morgan fingerprint density at radius 2 is 2.06 bits per heavy atom. The Labute approximate surface area is 106 Å². The van der Waals surface area contributed by atoms with Crippen molar-refractivity contribution >= 4 is 28.9 Å². The van der Waals surface area contributed by atoms with Crippen LogP contribution in [-0.4, -0.2) is 18.3 Å². The van der Waals surface area contributed by atoms with Crippen LogP contribution in [0.4, 0.5) is 5.69 Å². The van der Waals surface area contributed by atoms with Crippen LogP contribution in [0.1, 0.15) is 19.3 Å². The van der Waals surface area contributed by atoms with E-state index in [1.54, 1.807) is 12.1 Å². The molecule has 0 unspecified atom stereocenters. The van der Waals surface area contributed by atoms with E-state index in [0.29, 0.717) is 10.0 Å². The summed E-state index contributed by atoms with van der Waals surface area (Å²) in [5.74, 6) is 0. The number of hydrogen-bond acceptors (Lipinski definition) is 2. The van der Waals surface area contributed by atoms with Crippen LogP contribution in [0.5, 0.6) is 0 Å². The Bertz CT molecular complexity index is 372. The molecule has 16 heavy (non-hydrogen) atoms. The molecule has 1 fully saturated rings. The number of hydrogen-bond donors (Lipinski definition) is 2. The van der Waals surface area contributed by atoms with Crippen molar-refractivity contribution in [3.8, 4) is 0 Å². The van der Waals surface area contributed by atoms with Gasteiger partial charge in [-0.15, -0.1) is 0 Å². The highest BCUT2D eigenvalue weighted by Crippen LogP contribution is 2.40. The fraction of sp³-hybridized carbons (Fsp3) is 0.500. The summed E-state index contributed by atoms with van der Waals surface area (Å²) in [6, 6.07) is 5.35. The molecule has 0 atom stereocenters. The van der Waals surface area contributed by atoms with Gasteiger partial charge in [0.05, 0.1) is 17.3 Å². The molecule has 2 nitrogen and oxygen atoms in total. The first-order chi connectivity index (χ1) is 7.65. The van der Waals surface area contributed by atoms with E-state index in [9.17, 15) is 5.11 Å². The van der Waals surface area contributed by atoms with Gasteiger partial charge in [-0.2, -0.15) is 0 Å². The summed E-state index contributed by atoms with van der Waals surface area (Å²) in [7, 11) is 0. The molecule has 1 aromatic rings. The third kappa shape index (κ3) is 2.45. The molecule has 1 aliphatic rings. The first-order valence-corrected chi connectivity index (χ1v) is 6.21. The molecule has 1 saturated carbocycles. The fourth-order valence-electron chi connectivity index (χ4n) is 1.98. The lowest BCUT2D eigenvalue weighted by Gasteiger charge is -2.40. The molecule has 0 saturated heterocycles. The minimum Gasteiger partial charge on any atom is -0.396 e. The third-order valence-electron chi connectivity index (χ3n) is 3.33. The molecule has 88 valence electrons. The molecule has 2 N–H and O–H groups in total. The van der Waals surface area contributed by atoms with Crippen LogP contribution < -0.4 is 5.32 Å². The summed E-state index contributed by atoms with van der Waals surface area (Å²) in [6.45, 7) is 0.988. The van der Waals surface area contributed by atoms with Gasteiger partial charge in [0.15, 0.2) is 0 Å². The van der Waals surface area contributed by atoms with E-state index in [0.717, 1.165) is 25.1 Å². The van der Waals surface area contributed by atoms with E-state index in [1.807, 2.05) is 6.07 Å². The van der Waals surface area contributed by atoms with Crippen LogP contribution in [-0.2, 0) is 0 Å². The number of anilines is 1. The lowest BCUT2D eigenvalue weighted by Crippen LogP contribution is -2.39. The Morgan fingerprint density at radius 1 is 1.31 bits per heavy atom. The number of benzene rings is 1. The van der Waals surface area contributed by atoms with Crippen LogP contribution in [0.15, 0.2) is 18.2 Å². The van der Waals surface area contributed by atoms with Crippen molar-refractivity contribution in [2.24, 2.45) is 5.41 Å². The van der Waals surface area contributed by atoms with Crippen molar-refractivity contribution in [2.75, 3.05) is 18.5 Å². The van der Waals surface area contributed by atoms with E-state index >= 15 is 0 Å². The molecule has 4 heteroatoms. The SMILES string of the molecule is OCC1(CNc2cc(Cl)ccc2Cl)CCC1. The molecule has 0 heterocycles. The molecule has 0 aliphatic heterocycles. The highest BCUT2D eigenvalue weighted by atomic mass is 35.5. The zero-order chi connectivity index (χ0) is 11.6. The fourth-order valence-corrected chi connectivity index (χ4v) is 2.34. The van der Waals surface area contributed by atoms with Crippen molar-refractivity contribution in [2.45, 2.75) is 19.3 Å². The number of halogens is 2. The molecule has 2 rings (SSSR count). The molecular weight excluding hydrogens is 245 g/mol. The van der Waals surface area contributed by atoms with Crippen molar-refractivity contribution in [1.82, 2.24) is 0 Å². The average molecular weight is 260 g/mol. The third-order valence-corrected chi connectivity index (χ3v) is 3.90. The maximum Gasteiger partial charge on any atom is 0.0638 e. The molecule has 0 amide bonds. The molecule has 0 bridgehead atoms. The summed E-state index contributed by atoms with van der Waals surface area (Å²) in [5, 5.41) is 13.9. The monoisotopic (exact) mass is 259 g/mol. The Kier molecular flexibility index (Phi) is 3.63. The second-order valence-electron chi connectivity index (χ2n) is 4.49. The second-order valence-corrected chi connectivity index (χ2v) is 5.33. The van der Waals surface area contributed by atoms with Crippen molar-refractivity contribution in [1.29, 1.82) is 0 Å². The largest absolute Gasteiger partial charge is 0.396 e. The zero-order valence-electron chi connectivity index (χ0n) is 8.97. The number of nitrogens with one attached hydrogen (secondary N) is 1. The molecule has 0 radical (unpaired) electrons. The van der Waals surface area contributed by atoms with E-state index in [2.05, 4.69) is 5.32 Å². The zero-order valence-corrected chi connectivity index (χ0v) is 10.5. The van der Waals surface area contributed by atoms with Gasteiger partial charge < -0.3 is 10.4 Å². The summed E-state index contributed by atoms with van der Waals surface area (Å²) >= 11 is 11.9. The normalized spacial score (nSPS) is 17.9. The highest BCUT2D eigenvalue weighted by Gasteiger charge is 2.36. The molecule has 0 aromatic heterocycles. The smallest absolute Gasteiger partial charge is 0.0638 e. The predicted molar refractivity (Wildman–Crippen MR) is 68.3 cm³/mol. The van der Waals surface area contributed by atoms with Crippen LogP contribution in [0.25, 0.3) is 0 Å². The van der Waals surface area contributed by atoms with Crippen LogP contribution in [0.3, 0.4) is 0 Å². The van der Waals surface area contributed by atoms with Crippen LogP contribution in [0, 0.1) is 5.41 Å².